The highest BCUT2D eigenvalue weighted by Crippen LogP contribution is 2.04. The largest absolute Gasteiger partial charge is 0.389 e. The van der Waals surface area contributed by atoms with Gasteiger partial charge in [-0.3, -0.25) is 4.79 Å². The van der Waals surface area contributed by atoms with E-state index in [-0.39, 0.29) is 19.1 Å². The van der Waals surface area contributed by atoms with Gasteiger partial charge in [-0.2, -0.15) is 0 Å². The third-order valence-electron chi connectivity index (χ3n) is 1.84. The molecule has 0 spiro atoms. The van der Waals surface area contributed by atoms with Gasteiger partial charge < -0.3 is 14.7 Å². The van der Waals surface area contributed by atoms with Crippen LogP contribution in [0.1, 0.15) is 10.5 Å². The summed E-state index contributed by atoms with van der Waals surface area (Å²) in [6.45, 7) is 0.457. The Hall–Kier alpha value is -0.980. The van der Waals surface area contributed by atoms with Gasteiger partial charge >= 0.3 is 0 Å². The molecule has 1 heterocycles. The Morgan fingerprint density at radius 3 is 3.07 bits per heavy atom. The summed E-state index contributed by atoms with van der Waals surface area (Å²) in [7, 11) is 3.13. The Kier molecular flexibility index (Phi) is 4.67. The van der Waals surface area contributed by atoms with E-state index in [1.54, 1.807) is 17.9 Å². The van der Waals surface area contributed by atoms with E-state index in [0.29, 0.717) is 5.69 Å². The van der Waals surface area contributed by atoms with Crippen molar-refractivity contribution in [2.75, 3.05) is 27.3 Å². The normalized spacial score (nSPS) is 12.5. The molecule has 6 heteroatoms. The minimum atomic E-state index is -0.664. The van der Waals surface area contributed by atoms with E-state index in [1.165, 1.54) is 23.3 Å². The van der Waals surface area contributed by atoms with Gasteiger partial charge in [0, 0.05) is 26.1 Å². The molecule has 1 aromatic heterocycles. The van der Waals surface area contributed by atoms with Gasteiger partial charge in [-0.25, -0.2) is 4.98 Å². The van der Waals surface area contributed by atoms with E-state index >= 15 is 0 Å². The van der Waals surface area contributed by atoms with Crippen LogP contribution in [0.4, 0.5) is 0 Å². The molecular formula is C9H14N2O3S. The SMILES string of the molecule is COCC(O)CN(C)C(=O)c1cscn1. The molecule has 1 N–H and O–H groups in total. The minimum absolute atomic E-state index is 0.189. The van der Waals surface area contributed by atoms with Gasteiger partial charge in [-0.15, -0.1) is 11.3 Å². The zero-order chi connectivity index (χ0) is 11.3. The van der Waals surface area contributed by atoms with Crippen molar-refractivity contribution < 1.29 is 14.6 Å². The number of carbonyl (C=O) groups excluding carboxylic acids is 1. The lowest BCUT2D eigenvalue weighted by Gasteiger charge is -2.19. The summed E-state index contributed by atoms with van der Waals surface area (Å²) in [5, 5.41) is 11.1. The van der Waals surface area contributed by atoms with Crippen LogP contribution in [-0.4, -0.2) is 54.3 Å². The molecule has 0 saturated carbocycles. The van der Waals surface area contributed by atoms with Crippen molar-refractivity contribution in [2.45, 2.75) is 6.10 Å². The van der Waals surface area contributed by atoms with Crippen molar-refractivity contribution >= 4 is 17.2 Å². The first kappa shape index (κ1) is 12.1. The number of rotatable bonds is 5. The summed E-state index contributed by atoms with van der Waals surface area (Å²) in [6, 6.07) is 0. The van der Waals surface area contributed by atoms with Crippen LogP contribution in [0.3, 0.4) is 0 Å². The third kappa shape index (κ3) is 3.58. The highest BCUT2D eigenvalue weighted by atomic mass is 32.1. The fourth-order valence-electron chi connectivity index (χ4n) is 1.16. The molecule has 0 fully saturated rings. The molecule has 1 unspecified atom stereocenters. The topological polar surface area (TPSA) is 62.7 Å². The molecule has 15 heavy (non-hydrogen) atoms. The molecule has 1 amide bonds. The number of ether oxygens (including phenoxy) is 1. The standard InChI is InChI=1S/C9H14N2O3S/c1-11(3-7(12)4-14-2)9(13)8-5-15-6-10-8/h5-7,12H,3-4H2,1-2H3. The summed E-state index contributed by atoms with van der Waals surface area (Å²) in [4.78, 5) is 17.0. The lowest BCUT2D eigenvalue weighted by Crippen LogP contribution is -2.36. The first-order valence-corrected chi connectivity index (χ1v) is 5.40. The molecule has 0 bridgehead atoms. The number of thiazole rings is 1. The molecule has 5 nitrogen and oxygen atoms in total. The van der Waals surface area contributed by atoms with Crippen molar-refractivity contribution in [3.05, 3.63) is 16.6 Å². The number of methoxy groups -OCH3 is 1. The van der Waals surface area contributed by atoms with Gasteiger partial charge in [0.25, 0.3) is 5.91 Å². The van der Waals surface area contributed by atoms with Crippen LogP contribution in [-0.2, 0) is 4.74 Å². The number of carbonyl (C=O) groups is 1. The van der Waals surface area contributed by atoms with Crippen LogP contribution in [0.15, 0.2) is 10.9 Å². The number of nitrogens with zero attached hydrogens (tertiary/aromatic N) is 2. The molecule has 1 aromatic rings. The van der Waals surface area contributed by atoms with Crippen molar-refractivity contribution in [3.8, 4) is 0 Å². The van der Waals surface area contributed by atoms with Crippen LogP contribution < -0.4 is 0 Å². The molecule has 1 atom stereocenters. The highest BCUT2D eigenvalue weighted by Gasteiger charge is 2.16. The number of aromatic nitrogens is 1. The Bertz CT molecular complexity index is 302. The average molecular weight is 230 g/mol. The van der Waals surface area contributed by atoms with Crippen molar-refractivity contribution in [2.24, 2.45) is 0 Å². The summed E-state index contributed by atoms with van der Waals surface area (Å²) in [6.07, 6.45) is -0.664. The minimum Gasteiger partial charge on any atom is -0.389 e. The molecule has 1 rings (SSSR count). The van der Waals surface area contributed by atoms with Gasteiger partial charge in [0.2, 0.25) is 0 Å². The number of hydrogen-bond donors (Lipinski definition) is 1. The maximum Gasteiger partial charge on any atom is 0.273 e. The van der Waals surface area contributed by atoms with E-state index in [0.717, 1.165) is 0 Å². The van der Waals surface area contributed by atoms with Crippen molar-refractivity contribution in [1.29, 1.82) is 0 Å². The van der Waals surface area contributed by atoms with E-state index in [2.05, 4.69) is 4.98 Å². The number of amides is 1. The molecule has 0 aliphatic rings. The number of likely N-dealkylation sites (N-methyl/N-ethyl adjacent to an activating group) is 1. The van der Waals surface area contributed by atoms with Crippen LogP contribution >= 0.6 is 11.3 Å². The van der Waals surface area contributed by atoms with Gasteiger partial charge in [-0.1, -0.05) is 0 Å². The maximum absolute atomic E-state index is 11.7. The predicted octanol–water partition coefficient (Wildman–Crippen LogP) is 0.222. The number of hydrogen-bond acceptors (Lipinski definition) is 5. The summed E-state index contributed by atoms with van der Waals surface area (Å²) < 4.78 is 4.77. The van der Waals surface area contributed by atoms with Crippen molar-refractivity contribution in [1.82, 2.24) is 9.88 Å². The quantitative estimate of drug-likeness (QED) is 0.786. The zero-order valence-corrected chi connectivity index (χ0v) is 9.53. The Morgan fingerprint density at radius 2 is 2.53 bits per heavy atom. The molecular weight excluding hydrogens is 216 g/mol. The van der Waals surface area contributed by atoms with Crippen LogP contribution in [0.2, 0.25) is 0 Å². The highest BCUT2D eigenvalue weighted by molar-refractivity contribution is 7.07. The summed E-state index contributed by atoms with van der Waals surface area (Å²) in [5.41, 5.74) is 2.01. The lowest BCUT2D eigenvalue weighted by atomic mass is 10.3. The summed E-state index contributed by atoms with van der Waals surface area (Å²) in [5.74, 6) is -0.189. The summed E-state index contributed by atoms with van der Waals surface area (Å²) >= 11 is 1.37. The maximum atomic E-state index is 11.7. The zero-order valence-electron chi connectivity index (χ0n) is 8.71. The third-order valence-corrected chi connectivity index (χ3v) is 2.43. The van der Waals surface area contributed by atoms with Gasteiger partial charge in [0.15, 0.2) is 0 Å². The second-order valence-electron chi connectivity index (χ2n) is 3.17. The average Bonchev–Trinajstić information content (AvgIpc) is 2.69. The van der Waals surface area contributed by atoms with Crippen molar-refractivity contribution in [3.63, 3.8) is 0 Å². The first-order valence-electron chi connectivity index (χ1n) is 4.45. The smallest absolute Gasteiger partial charge is 0.273 e. The number of aliphatic hydroxyl groups excluding tert-OH is 1. The van der Waals surface area contributed by atoms with Gasteiger partial charge in [0.05, 0.1) is 18.2 Å². The Morgan fingerprint density at radius 1 is 1.80 bits per heavy atom. The van der Waals surface area contributed by atoms with E-state index in [1.807, 2.05) is 0 Å². The van der Waals surface area contributed by atoms with Gasteiger partial charge in [-0.05, 0) is 0 Å². The lowest BCUT2D eigenvalue weighted by molar-refractivity contribution is 0.0378. The van der Waals surface area contributed by atoms with Crippen LogP contribution in [0.25, 0.3) is 0 Å². The second kappa shape index (κ2) is 5.79. The molecule has 84 valence electrons. The Balaban J connectivity index is 2.47. The van der Waals surface area contributed by atoms with E-state index in [4.69, 9.17) is 4.74 Å². The van der Waals surface area contributed by atoms with E-state index < -0.39 is 6.10 Å². The first-order chi connectivity index (χ1) is 7.15. The molecule has 0 aliphatic carbocycles. The fourth-order valence-corrected chi connectivity index (χ4v) is 1.68. The molecule has 0 aromatic carbocycles. The Labute approximate surface area is 92.3 Å². The molecule has 0 saturated heterocycles. The number of aliphatic hydroxyl groups is 1. The van der Waals surface area contributed by atoms with E-state index in [9.17, 15) is 9.90 Å². The molecule has 0 aliphatic heterocycles. The van der Waals surface area contributed by atoms with Crippen LogP contribution in [0.5, 0.6) is 0 Å². The molecule has 0 radical (unpaired) electrons. The predicted molar refractivity (Wildman–Crippen MR) is 57.0 cm³/mol. The van der Waals surface area contributed by atoms with Crippen LogP contribution in [0, 0.1) is 0 Å². The van der Waals surface area contributed by atoms with Gasteiger partial charge in [0.1, 0.15) is 5.69 Å². The monoisotopic (exact) mass is 230 g/mol. The fraction of sp³-hybridized carbons (Fsp3) is 0.556. The second-order valence-corrected chi connectivity index (χ2v) is 3.89.